The number of ether oxygens (including phenoxy) is 1. The Morgan fingerprint density at radius 2 is 1.84 bits per heavy atom. The van der Waals surface area contributed by atoms with Crippen LogP contribution >= 0.6 is 0 Å². The zero-order valence-electron chi connectivity index (χ0n) is 17.4. The van der Waals surface area contributed by atoms with E-state index >= 15 is 0 Å². The second-order valence-corrected chi connectivity index (χ2v) is 7.66. The fraction of sp³-hybridized carbons (Fsp3) is 0.192. The molecule has 0 aliphatic rings. The first kappa shape index (κ1) is 19.2. The minimum absolute atomic E-state index is 0.175. The monoisotopic (exact) mass is 409 g/mol. The number of nitrogens with zero attached hydrogens (tertiary/aromatic N) is 2. The molecule has 0 aliphatic heterocycles. The van der Waals surface area contributed by atoms with Gasteiger partial charge < -0.3 is 9.30 Å². The van der Waals surface area contributed by atoms with Crippen LogP contribution in [0.5, 0.6) is 0 Å². The zero-order valence-corrected chi connectivity index (χ0v) is 17.4. The van der Waals surface area contributed by atoms with Gasteiger partial charge in [0.2, 0.25) is 0 Å². The van der Waals surface area contributed by atoms with Crippen LogP contribution in [0.2, 0.25) is 0 Å². The van der Waals surface area contributed by atoms with Crippen LogP contribution in [0.25, 0.3) is 38.7 Å². The van der Waals surface area contributed by atoms with Crippen LogP contribution in [0.15, 0.2) is 60.7 Å². The van der Waals surface area contributed by atoms with Crippen LogP contribution in [0.3, 0.4) is 0 Å². The van der Waals surface area contributed by atoms with E-state index in [-0.39, 0.29) is 5.97 Å². The molecule has 0 aliphatic carbocycles. The molecule has 0 saturated carbocycles. The van der Waals surface area contributed by atoms with Crippen molar-refractivity contribution in [2.45, 2.75) is 26.3 Å². The highest BCUT2D eigenvalue weighted by Gasteiger charge is 2.13. The van der Waals surface area contributed by atoms with Crippen LogP contribution in [0.4, 0.5) is 0 Å². The highest BCUT2D eigenvalue weighted by molar-refractivity contribution is 6.11. The number of carbonyl (C=O) groups excluding carboxylic acids is 1. The number of para-hydroxylation sites is 2. The summed E-state index contributed by atoms with van der Waals surface area (Å²) in [5.41, 5.74) is 1.93. The van der Waals surface area contributed by atoms with Crippen LogP contribution < -0.4 is 10.6 Å². The molecule has 0 unspecified atom stereocenters. The number of fused-ring (bicyclic) bond motifs is 1. The normalized spacial score (nSPS) is 12.4. The van der Waals surface area contributed by atoms with Crippen molar-refractivity contribution in [2.24, 2.45) is 0 Å². The summed E-state index contributed by atoms with van der Waals surface area (Å²) in [5, 5.41) is 14.5. The van der Waals surface area contributed by atoms with E-state index in [1.54, 1.807) is 0 Å². The first-order valence-electron chi connectivity index (χ1n) is 10.6. The molecule has 0 radical (unpaired) electrons. The third-order valence-electron chi connectivity index (χ3n) is 5.76. The van der Waals surface area contributed by atoms with E-state index in [4.69, 9.17) is 15.1 Å². The Hall–Kier alpha value is -3.73. The highest BCUT2D eigenvalue weighted by Crippen LogP contribution is 2.23. The molecular weight excluding hydrogens is 386 g/mol. The lowest BCUT2D eigenvalue weighted by molar-refractivity contribution is -0.143. The Kier molecular flexibility index (Phi) is 4.86. The first-order chi connectivity index (χ1) is 15.2. The summed E-state index contributed by atoms with van der Waals surface area (Å²) in [6, 6.07) is 20.3. The summed E-state index contributed by atoms with van der Waals surface area (Å²) < 4.78 is 7.20. The van der Waals surface area contributed by atoms with Crippen molar-refractivity contribution in [1.29, 1.82) is 5.41 Å². The van der Waals surface area contributed by atoms with Gasteiger partial charge in [0.1, 0.15) is 5.82 Å². The number of nitrogens with one attached hydrogen (secondary N) is 1. The summed E-state index contributed by atoms with van der Waals surface area (Å²) in [4.78, 5) is 16.6. The molecule has 5 nitrogen and oxygen atoms in total. The average molecular weight is 409 g/mol. The molecule has 0 saturated heterocycles. The number of hydrogen-bond donors (Lipinski definition) is 1. The second kappa shape index (κ2) is 7.84. The maximum atomic E-state index is 11.8. The van der Waals surface area contributed by atoms with Crippen LogP contribution in [0, 0.1) is 5.41 Å². The Bertz CT molecular complexity index is 1510. The van der Waals surface area contributed by atoms with Gasteiger partial charge in [-0.3, -0.25) is 10.2 Å². The van der Waals surface area contributed by atoms with Gasteiger partial charge in [-0.25, -0.2) is 4.98 Å². The molecule has 31 heavy (non-hydrogen) atoms. The van der Waals surface area contributed by atoms with E-state index in [1.165, 1.54) is 0 Å². The third-order valence-corrected chi connectivity index (χ3v) is 5.76. The second-order valence-electron chi connectivity index (χ2n) is 7.66. The molecule has 0 amide bonds. The van der Waals surface area contributed by atoms with Gasteiger partial charge in [0, 0.05) is 23.6 Å². The van der Waals surface area contributed by atoms with E-state index in [1.807, 2.05) is 55.5 Å². The standard InChI is InChI=1S/C26H23N3O2/c1-2-31-24(30)14-7-15-29-22-13-4-3-12-21(22)28-23(29)16-20-18-10-5-8-17-9-6-11-19(25(17)18)26(20)27/h3-6,8-13,16,27H,2,7,14-15H2,1H3. The Balaban J connectivity index is 1.65. The Labute approximate surface area is 179 Å². The van der Waals surface area contributed by atoms with E-state index in [0.717, 1.165) is 43.6 Å². The van der Waals surface area contributed by atoms with E-state index in [2.05, 4.69) is 22.8 Å². The number of benzene rings is 3. The van der Waals surface area contributed by atoms with Crippen LogP contribution in [-0.2, 0) is 16.1 Å². The summed E-state index contributed by atoms with van der Waals surface area (Å²) in [6.07, 6.45) is 3.06. The predicted molar refractivity (Wildman–Crippen MR) is 123 cm³/mol. The minimum Gasteiger partial charge on any atom is -0.466 e. The van der Waals surface area contributed by atoms with Gasteiger partial charge in [-0.05, 0) is 47.7 Å². The van der Waals surface area contributed by atoms with Crippen molar-refractivity contribution in [3.05, 3.63) is 77.1 Å². The molecule has 5 rings (SSSR count). The molecule has 0 bridgehead atoms. The number of rotatable bonds is 6. The molecule has 5 heteroatoms. The first-order valence-corrected chi connectivity index (χ1v) is 10.6. The van der Waals surface area contributed by atoms with Gasteiger partial charge >= 0.3 is 5.97 Å². The minimum atomic E-state index is -0.175. The Morgan fingerprint density at radius 1 is 1.06 bits per heavy atom. The summed E-state index contributed by atoms with van der Waals surface area (Å²) in [5.74, 6) is 0.626. The molecule has 0 fully saturated rings. The molecule has 1 aromatic heterocycles. The largest absolute Gasteiger partial charge is 0.466 e. The van der Waals surface area contributed by atoms with Crippen LogP contribution in [-0.4, -0.2) is 22.1 Å². The summed E-state index contributed by atoms with van der Waals surface area (Å²) in [6.45, 7) is 2.88. The van der Waals surface area contributed by atoms with E-state index < -0.39 is 0 Å². The summed E-state index contributed by atoms with van der Waals surface area (Å²) in [7, 11) is 0. The van der Waals surface area contributed by atoms with Crippen molar-refractivity contribution in [1.82, 2.24) is 9.55 Å². The smallest absolute Gasteiger partial charge is 0.305 e. The topological polar surface area (TPSA) is 68.0 Å². The molecule has 1 heterocycles. The van der Waals surface area contributed by atoms with Crippen LogP contribution in [0.1, 0.15) is 25.6 Å². The molecule has 5 aromatic rings. The third kappa shape index (κ3) is 3.32. The van der Waals surface area contributed by atoms with E-state index in [9.17, 15) is 4.79 Å². The lowest BCUT2D eigenvalue weighted by Crippen LogP contribution is -2.20. The zero-order chi connectivity index (χ0) is 21.4. The van der Waals surface area contributed by atoms with E-state index in [0.29, 0.717) is 31.4 Å². The molecule has 1 N–H and O–H groups in total. The van der Waals surface area contributed by atoms with Crippen molar-refractivity contribution in [2.75, 3.05) is 6.61 Å². The predicted octanol–water partition coefficient (Wildman–Crippen LogP) is 4.15. The molecule has 0 atom stereocenters. The van der Waals surface area contributed by atoms with Gasteiger partial charge in [-0.2, -0.15) is 0 Å². The fourth-order valence-corrected chi connectivity index (χ4v) is 4.39. The van der Waals surface area contributed by atoms with Crippen molar-refractivity contribution in [3.63, 3.8) is 0 Å². The maximum absolute atomic E-state index is 11.8. The molecule has 4 aromatic carbocycles. The Morgan fingerprint density at radius 3 is 2.65 bits per heavy atom. The van der Waals surface area contributed by atoms with Gasteiger partial charge in [0.05, 0.1) is 23.0 Å². The number of esters is 1. The SMILES string of the molecule is CCOC(=O)CCCn1c(C=c2c(=N)c3cccc4cccc2c43)nc2ccccc21. The maximum Gasteiger partial charge on any atom is 0.305 e. The van der Waals surface area contributed by atoms with Crippen molar-refractivity contribution < 1.29 is 9.53 Å². The average Bonchev–Trinajstić information content (AvgIpc) is 3.26. The van der Waals surface area contributed by atoms with Gasteiger partial charge in [0.15, 0.2) is 0 Å². The lowest BCUT2D eigenvalue weighted by Gasteiger charge is -2.07. The lowest BCUT2D eigenvalue weighted by atomic mass is 10.1. The van der Waals surface area contributed by atoms with Gasteiger partial charge in [0.25, 0.3) is 0 Å². The van der Waals surface area contributed by atoms with Gasteiger partial charge in [-0.1, -0.05) is 48.5 Å². The molecule has 0 spiro atoms. The number of aryl methyl sites for hydroxylation is 1. The number of imidazole rings is 1. The quantitative estimate of drug-likeness (QED) is 0.429. The van der Waals surface area contributed by atoms with Gasteiger partial charge in [-0.15, -0.1) is 0 Å². The molecule has 154 valence electrons. The fourth-order valence-electron chi connectivity index (χ4n) is 4.39. The van der Waals surface area contributed by atoms with Crippen molar-refractivity contribution in [3.8, 4) is 0 Å². The highest BCUT2D eigenvalue weighted by atomic mass is 16.5. The summed E-state index contributed by atoms with van der Waals surface area (Å²) >= 11 is 0. The molecular formula is C26H23N3O2. The number of carbonyl (C=O) groups is 1. The number of aromatic nitrogens is 2. The van der Waals surface area contributed by atoms with Crippen molar-refractivity contribution >= 4 is 44.6 Å². The number of hydrogen-bond acceptors (Lipinski definition) is 4.